The van der Waals surface area contributed by atoms with Crippen LogP contribution in [0, 0.1) is 16.7 Å². The molecule has 0 bridgehead atoms. The minimum Gasteiger partial charge on any atom is -0.361 e. The van der Waals surface area contributed by atoms with Crippen LogP contribution in [0.2, 0.25) is 0 Å². The van der Waals surface area contributed by atoms with Gasteiger partial charge in [-0.2, -0.15) is 5.26 Å². The number of nitrogens with one attached hydrogen (secondary N) is 1. The lowest BCUT2D eigenvalue weighted by atomic mass is 9.68. The van der Waals surface area contributed by atoms with Gasteiger partial charge in [0.1, 0.15) is 0 Å². The number of hydrogen-bond acceptors (Lipinski definition) is 3. The van der Waals surface area contributed by atoms with Crippen LogP contribution < -0.4 is 5.32 Å². The van der Waals surface area contributed by atoms with Gasteiger partial charge in [-0.3, -0.25) is 4.79 Å². The molecule has 2 aromatic rings. The maximum Gasteiger partial charge on any atom is 0.162 e. The quantitative estimate of drug-likeness (QED) is 0.796. The Balaban J connectivity index is 1.99. The number of benzene rings is 2. The first-order valence-corrected chi connectivity index (χ1v) is 9.03. The van der Waals surface area contributed by atoms with Crippen molar-refractivity contribution in [3.8, 4) is 6.07 Å². The van der Waals surface area contributed by atoms with Crippen LogP contribution in [0.15, 0.2) is 65.0 Å². The summed E-state index contributed by atoms with van der Waals surface area (Å²) < 4.78 is 0. The zero-order chi connectivity index (χ0) is 18.5. The minimum atomic E-state index is -0.286. The summed E-state index contributed by atoms with van der Waals surface area (Å²) in [5.41, 5.74) is 4.25. The third-order valence-electron chi connectivity index (χ3n) is 5.49. The Bertz CT molecular complexity index is 1030. The molecule has 3 heteroatoms. The van der Waals surface area contributed by atoms with E-state index >= 15 is 0 Å². The number of hydrogen-bond donors (Lipinski definition) is 1. The summed E-state index contributed by atoms with van der Waals surface area (Å²) in [5.74, 6) is -0.132. The van der Waals surface area contributed by atoms with Crippen molar-refractivity contribution in [3.05, 3.63) is 70.6 Å². The zero-order valence-electron chi connectivity index (χ0n) is 15.4. The molecule has 2 aliphatic rings. The monoisotopic (exact) mass is 342 g/mol. The van der Waals surface area contributed by atoms with Gasteiger partial charge >= 0.3 is 0 Å². The minimum absolute atomic E-state index is 0.0589. The number of carbonyl (C=O) groups is 1. The van der Waals surface area contributed by atoms with Gasteiger partial charge in [0, 0.05) is 23.4 Å². The predicted molar refractivity (Wildman–Crippen MR) is 103 cm³/mol. The van der Waals surface area contributed by atoms with Gasteiger partial charge in [-0.25, -0.2) is 0 Å². The Labute approximate surface area is 154 Å². The maximum atomic E-state index is 13.1. The lowest BCUT2D eigenvalue weighted by Gasteiger charge is -2.39. The molecule has 1 atom stereocenters. The van der Waals surface area contributed by atoms with Crippen LogP contribution in [0.25, 0.3) is 10.8 Å². The Morgan fingerprint density at radius 2 is 1.85 bits per heavy atom. The maximum absolute atomic E-state index is 13.1. The number of carbonyl (C=O) groups excluding carboxylic acids is 1. The first-order chi connectivity index (χ1) is 12.4. The topological polar surface area (TPSA) is 52.9 Å². The van der Waals surface area contributed by atoms with Gasteiger partial charge in [0.2, 0.25) is 0 Å². The van der Waals surface area contributed by atoms with E-state index in [2.05, 4.69) is 49.5 Å². The molecule has 4 rings (SSSR count). The number of fused-ring (bicyclic) bond motifs is 1. The average Bonchev–Trinajstić information content (AvgIpc) is 2.59. The molecule has 0 aromatic heterocycles. The molecule has 1 aliphatic carbocycles. The van der Waals surface area contributed by atoms with E-state index in [9.17, 15) is 10.1 Å². The van der Waals surface area contributed by atoms with Crippen LogP contribution in [0.1, 0.15) is 45.1 Å². The molecule has 0 radical (unpaired) electrons. The van der Waals surface area contributed by atoms with Crippen molar-refractivity contribution in [1.29, 1.82) is 5.26 Å². The van der Waals surface area contributed by atoms with Crippen molar-refractivity contribution in [3.63, 3.8) is 0 Å². The van der Waals surface area contributed by atoms with Crippen LogP contribution in [0.3, 0.4) is 0 Å². The molecule has 1 heterocycles. The molecule has 0 saturated heterocycles. The summed E-state index contributed by atoms with van der Waals surface area (Å²) in [6, 6.07) is 16.7. The number of rotatable bonds is 1. The fraction of sp³-hybridized carbons (Fsp3) is 0.304. The van der Waals surface area contributed by atoms with Gasteiger partial charge in [0.15, 0.2) is 5.78 Å². The Hall–Kier alpha value is -2.86. The van der Waals surface area contributed by atoms with Crippen molar-refractivity contribution < 1.29 is 4.79 Å². The average molecular weight is 342 g/mol. The van der Waals surface area contributed by atoms with Gasteiger partial charge in [-0.05, 0) is 35.1 Å². The highest BCUT2D eigenvalue weighted by atomic mass is 16.1. The van der Waals surface area contributed by atoms with Gasteiger partial charge in [0.05, 0.1) is 17.6 Å². The number of Topliss-reactive ketones (excluding diaryl/α,β-unsaturated/α-hetero) is 1. The predicted octanol–water partition coefficient (Wildman–Crippen LogP) is 4.97. The van der Waals surface area contributed by atoms with E-state index < -0.39 is 0 Å². The third kappa shape index (κ3) is 2.54. The smallest absolute Gasteiger partial charge is 0.162 e. The fourth-order valence-corrected chi connectivity index (χ4v) is 4.40. The van der Waals surface area contributed by atoms with Crippen LogP contribution in [0.5, 0.6) is 0 Å². The second-order valence-corrected chi connectivity index (χ2v) is 8.11. The number of ketones is 1. The molecule has 1 unspecified atom stereocenters. The van der Waals surface area contributed by atoms with Crippen LogP contribution in [-0.2, 0) is 4.79 Å². The highest BCUT2D eigenvalue weighted by Crippen LogP contribution is 2.47. The lowest BCUT2D eigenvalue weighted by Crippen LogP contribution is -2.36. The summed E-state index contributed by atoms with van der Waals surface area (Å²) in [6.45, 7) is 6.19. The van der Waals surface area contributed by atoms with E-state index in [-0.39, 0.29) is 17.1 Å². The number of nitrogens with zero attached hydrogens (tertiary/aromatic N) is 1. The van der Waals surface area contributed by atoms with E-state index in [0.29, 0.717) is 12.0 Å². The lowest BCUT2D eigenvalue weighted by molar-refractivity contribution is -0.118. The normalized spacial score (nSPS) is 22.1. The van der Waals surface area contributed by atoms with E-state index in [0.717, 1.165) is 39.7 Å². The largest absolute Gasteiger partial charge is 0.361 e. The molecule has 1 N–H and O–H groups in total. The number of allylic oxidation sites excluding steroid dienone is 4. The standard InChI is InChI=1S/C23H22N2O/c1-14-18(13-24)21(17-10-6-8-15-7-4-5-9-16(15)17)22-19(25-14)11-23(2,3)12-20(22)26/h4-10,21,25H,11-12H2,1-3H3. The molecular formula is C23H22N2O. The van der Waals surface area contributed by atoms with E-state index in [1.807, 2.05) is 25.1 Å². The first-order valence-electron chi connectivity index (χ1n) is 9.03. The molecule has 3 nitrogen and oxygen atoms in total. The summed E-state index contributed by atoms with van der Waals surface area (Å²) >= 11 is 0. The number of nitriles is 1. The van der Waals surface area contributed by atoms with Gasteiger partial charge in [-0.15, -0.1) is 0 Å². The van der Waals surface area contributed by atoms with E-state index in [1.165, 1.54) is 0 Å². The van der Waals surface area contributed by atoms with Crippen molar-refractivity contribution in [2.75, 3.05) is 0 Å². The van der Waals surface area contributed by atoms with E-state index in [4.69, 9.17) is 0 Å². The summed E-state index contributed by atoms with van der Waals surface area (Å²) in [4.78, 5) is 13.1. The summed E-state index contributed by atoms with van der Waals surface area (Å²) in [5, 5.41) is 15.5. The summed E-state index contributed by atoms with van der Waals surface area (Å²) in [7, 11) is 0. The Kier molecular flexibility index (Phi) is 3.73. The molecule has 0 saturated carbocycles. The molecule has 2 aromatic carbocycles. The van der Waals surface area contributed by atoms with Crippen LogP contribution in [-0.4, -0.2) is 5.78 Å². The number of dihydropyridines is 1. The molecule has 1 aliphatic heterocycles. The second kappa shape index (κ2) is 5.85. The molecule has 0 amide bonds. The van der Waals surface area contributed by atoms with Crippen molar-refractivity contribution >= 4 is 16.6 Å². The highest BCUT2D eigenvalue weighted by Gasteiger charge is 2.41. The first kappa shape index (κ1) is 16.6. The third-order valence-corrected chi connectivity index (χ3v) is 5.49. The van der Waals surface area contributed by atoms with Gasteiger partial charge in [0.25, 0.3) is 0 Å². The molecule has 26 heavy (non-hydrogen) atoms. The molecule has 0 fully saturated rings. The van der Waals surface area contributed by atoms with Crippen molar-refractivity contribution in [2.45, 2.75) is 39.5 Å². The van der Waals surface area contributed by atoms with Gasteiger partial charge < -0.3 is 5.32 Å². The molecule has 130 valence electrons. The Morgan fingerprint density at radius 1 is 1.12 bits per heavy atom. The molecule has 0 spiro atoms. The Morgan fingerprint density at radius 3 is 2.62 bits per heavy atom. The van der Waals surface area contributed by atoms with E-state index in [1.54, 1.807) is 0 Å². The van der Waals surface area contributed by atoms with Crippen LogP contribution >= 0.6 is 0 Å². The van der Waals surface area contributed by atoms with Crippen molar-refractivity contribution in [2.24, 2.45) is 5.41 Å². The second-order valence-electron chi connectivity index (χ2n) is 8.11. The van der Waals surface area contributed by atoms with Gasteiger partial charge in [-0.1, -0.05) is 56.3 Å². The highest BCUT2D eigenvalue weighted by molar-refractivity contribution is 6.01. The zero-order valence-corrected chi connectivity index (χ0v) is 15.4. The molecular weight excluding hydrogens is 320 g/mol. The van der Waals surface area contributed by atoms with Crippen LogP contribution in [0.4, 0.5) is 0 Å². The SMILES string of the molecule is CC1=C(C#N)C(c2cccc3ccccc23)C2=C(CC(C)(C)CC2=O)N1. The fourth-order valence-electron chi connectivity index (χ4n) is 4.40. The summed E-state index contributed by atoms with van der Waals surface area (Å²) in [6.07, 6.45) is 1.35. The van der Waals surface area contributed by atoms with Crippen molar-refractivity contribution in [1.82, 2.24) is 5.32 Å².